The summed E-state index contributed by atoms with van der Waals surface area (Å²) < 4.78 is 6.87. The van der Waals surface area contributed by atoms with Crippen LogP contribution in [-0.2, 0) is 4.74 Å². The zero-order valence-corrected chi connectivity index (χ0v) is 13.1. The second-order valence-electron chi connectivity index (χ2n) is 6.03. The topological polar surface area (TPSA) is 59.7 Å². The molecule has 0 unspecified atom stereocenters. The van der Waals surface area contributed by atoms with Crippen LogP contribution >= 0.6 is 0 Å². The van der Waals surface area contributed by atoms with Crippen LogP contribution < -0.4 is 0 Å². The monoisotopic (exact) mass is 302 g/mol. The quantitative estimate of drug-likeness (QED) is 0.847. The van der Waals surface area contributed by atoms with E-state index in [4.69, 9.17) is 4.74 Å². The summed E-state index contributed by atoms with van der Waals surface area (Å²) in [6.07, 6.45) is 10.0. The minimum absolute atomic E-state index is 0.0270. The molecule has 1 aliphatic carbocycles. The molecule has 1 amide bonds. The first kappa shape index (κ1) is 15.0. The predicted molar refractivity (Wildman–Crippen MR) is 82.7 cm³/mol. The molecule has 2 aromatic rings. The molecule has 2 atom stereocenters. The van der Waals surface area contributed by atoms with Gasteiger partial charge >= 0.3 is 0 Å². The molecule has 1 fully saturated rings. The van der Waals surface area contributed by atoms with Crippen LogP contribution in [0.25, 0.3) is 5.52 Å². The Morgan fingerprint density at radius 3 is 3.05 bits per heavy atom. The SMILES string of the molecule is COCCN(C(=O)c1cnn2ccncc12)[C@@H]1CC[C@@H](C)C1. The molecule has 0 aliphatic heterocycles. The Morgan fingerprint density at radius 2 is 2.32 bits per heavy atom. The van der Waals surface area contributed by atoms with Crippen molar-refractivity contribution in [3.63, 3.8) is 0 Å². The molecule has 0 saturated heterocycles. The molecule has 6 nitrogen and oxygen atoms in total. The van der Waals surface area contributed by atoms with Gasteiger partial charge in [0, 0.05) is 32.1 Å². The van der Waals surface area contributed by atoms with Gasteiger partial charge in [-0.1, -0.05) is 6.92 Å². The first-order valence-electron chi connectivity index (χ1n) is 7.78. The van der Waals surface area contributed by atoms with E-state index >= 15 is 0 Å². The van der Waals surface area contributed by atoms with Gasteiger partial charge in [-0.25, -0.2) is 4.52 Å². The van der Waals surface area contributed by atoms with Crippen molar-refractivity contribution >= 4 is 11.4 Å². The molecule has 0 radical (unpaired) electrons. The van der Waals surface area contributed by atoms with E-state index in [1.54, 1.807) is 36.4 Å². The summed E-state index contributed by atoms with van der Waals surface area (Å²) >= 11 is 0. The average molecular weight is 302 g/mol. The van der Waals surface area contributed by atoms with Crippen molar-refractivity contribution < 1.29 is 9.53 Å². The first-order chi connectivity index (χ1) is 10.7. The number of hydrogen-bond donors (Lipinski definition) is 0. The third-order valence-electron chi connectivity index (χ3n) is 4.46. The molecule has 118 valence electrons. The van der Waals surface area contributed by atoms with Gasteiger partial charge in [-0.05, 0) is 25.2 Å². The second kappa shape index (κ2) is 6.44. The van der Waals surface area contributed by atoms with Crippen LogP contribution in [0.5, 0.6) is 0 Å². The average Bonchev–Trinajstić information content (AvgIpc) is 3.14. The fraction of sp³-hybridized carbons (Fsp3) is 0.562. The van der Waals surface area contributed by atoms with Crippen molar-refractivity contribution in [2.75, 3.05) is 20.3 Å². The molecule has 0 bridgehead atoms. The molecule has 6 heteroatoms. The van der Waals surface area contributed by atoms with E-state index in [-0.39, 0.29) is 5.91 Å². The largest absolute Gasteiger partial charge is 0.383 e. The van der Waals surface area contributed by atoms with Crippen molar-refractivity contribution in [1.82, 2.24) is 19.5 Å². The van der Waals surface area contributed by atoms with E-state index in [1.165, 1.54) is 6.42 Å². The second-order valence-corrected chi connectivity index (χ2v) is 6.03. The molecule has 22 heavy (non-hydrogen) atoms. The zero-order valence-electron chi connectivity index (χ0n) is 13.1. The van der Waals surface area contributed by atoms with Gasteiger partial charge in [0.2, 0.25) is 0 Å². The Morgan fingerprint density at radius 1 is 1.45 bits per heavy atom. The highest BCUT2D eigenvalue weighted by atomic mass is 16.5. The van der Waals surface area contributed by atoms with Crippen molar-refractivity contribution in [1.29, 1.82) is 0 Å². The molecule has 2 aromatic heterocycles. The van der Waals surface area contributed by atoms with Crippen molar-refractivity contribution in [3.05, 3.63) is 30.4 Å². The van der Waals surface area contributed by atoms with Gasteiger partial charge in [0.1, 0.15) is 0 Å². The molecule has 0 aromatic carbocycles. The molecule has 1 saturated carbocycles. The highest BCUT2D eigenvalue weighted by Crippen LogP contribution is 2.30. The van der Waals surface area contributed by atoms with Gasteiger partial charge < -0.3 is 9.64 Å². The van der Waals surface area contributed by atoms with E-state index in [9.17, 15) is 4.79 Å². The number of carbonyl (C=O) groups excluding carboxylic acids is 1. The molecule has 0 N–H and O–H groups in total. The molecule has 2 heterocycles. The van der Waals surface area contributed by atoms with Gasteiger partial charge in [0.15, 0.2) is 0 Å². The smallest absolute Gasteiger partial charge is 0.258 e. The summed E-state index contributed by atoms with van der Waals surface area (Å²) in [5.74, 6) is 0.701. The number of ether oxygens (including phenoxy) is 1. The fourth-order valence-corrected chi connectivity index (χ4v) is 3.25. The molecular formula is C16H22N4O2. The number of rotatable bonds is 5. The minimum Gasteiger partial charge on any atom is -0.383 e. The summed E-state index contributed by atoms with van der Waals surface area (Å²) in [6.45, 7) is 3.41. The van der Waals surface area contributed by atoms with E-state index in [2.05, 4.69) is 17.0 Å². The van der Waals surface area contributed by atoms with Gasteiger partial charge in [-0.2, -0.15) is 5.10 Å². The highest BCUT2D eigenvalue weighted by Gasteiger charge is 2.31. The van der Waals surface area contributed by atoms with E-state index in [1.807, 2.05) is 4.90 Å². The molecule has 3 rings (SSSR count). The minimum atomic E-state index is 0.0270. The van der Waals surface area contributed by atoms with Crippen LogP contribution in [0.3, 0.4) is 0 Å². The third-order valence-corrected chi connectivity index (χ3v) is 4.46. The summed E-state index contributed by atoms with van der Waals surface area (Å²) in [6, 6.07) is 0.296. The normalized spacial score (nSPS) is 21.4. The molecule has 0 spiro atoms. The van der Waals surface area contributed by atoms with Crippen LogP contribution in [0.2, 0.25) is 0 Å². The third kappa shape index (κ3) is 2.83. The number of fused-ring (bicyclic) bond motifs is 1. The van der Waals surface area contributed by atoms with E-state index in [0.29, 0.717) is 30.7 Å². The maximum atomic E-state index is 13.0. The summed E-state index contributed by atoms with van der Waals surface area (Å²) in [4.78, 5) is 19.1. The Kier molecular flexibility index (Phi) is 4.38. The van der Waals surface area contributed by atoms with Gasteiger partial charge in [-0.15, -0.1) is 0 Å². The summed E-state index contributed by atoms with van der Waals surface area (Å²) in [5.41, 5.74) is 1.37. The maximum absolute atomic E-state index is 13.0. The van der Waals surface area contributed by atoms with Crippen molar-refractivity contribution in [2.24, 2.45) is 5.92 Å². The number of amides is 1. The Labute approximate surface area is 130 Å². The first-order valence-corrected chi connectivity index (χ1v) is 7.78. The lowest BCUT2D eigenvalue weighted by molar-refractivity contribution is 0.0604. The lowest BCUT2D eigenvalue weighted by Crippen LogP contribution is -2.41. The van der Waals surface area contributed by atoms with Crippen LogP contribution in [0.15, 0.2) is 24.8 Å². The molecule has 1 aliphatic rings. The summed E-state index contributed by atoms with van der Waals surface area (Å²) in [5, 5.41) is 4.24. The summed E-state index contributed by atoms with van der Waals surface area (Å²) in [7, 11) is 1.67. The van der Waals surface area contributed by atoms with Gasteiger partial charge in [0.05, 0.1) is 30.1 Å². The Balaban J connectivity index is 1.88. The fourth-order valence-electron chi connectivity index (χ4n) is 3.25. The number of nitrogens with zero attached hydrogens (tertiary/aromatic N) is 4. The van der Waals surface area contributed by atoms with Gasteiger partial charge in [0.25, 0.3) is 5.91 Å². The maximum Gasteiger partial charge on any atom is 0.258 e. The Hall–Kier alpha value is -1.95. The van der Waals surface area contributed by atoms with Crippen LogP contribution in [0.1, 0.15) is 36.5 Å². The highest BCUT2D eigenvalue weighted by molar-refractivity contribution is 6.00. The van der Waals surface area contributed by atoms with E-state index < -0.39 is 0 Å². The lowest BCUT2D eigenvalue weighted by atomic mass is 10.1. The lowest BCUT2D eigenvalue weighted by Gasteiger charge is -2.28. The standard InChI is InChI=1S/C16H22N4O2/c1-12-3-4-13(9-12)19(7-8-22-2)16(21)14-10-18-20-6-5-17-11-15(14)20/h5-6,10-13H,3-4,7-9H2,1-2H3/t12-,13-/m1/s1. The van der Waals surface area contributed by atoms with Crippen molar-refractivity contribution in [3.8, 4) is 0 Å². The zero-order chi connectivity index (χ0) is 15.5. The van der Waals surface area contributed by atoms with Crippen LogP contribution in [0, 0.1) is 5.92 Å². The molecular weight excluding hydrogens is 280 g/mol. The van der Waals surface area contributed by atoms with Crippen LogP contribution in [0.4, 0.5) is 0 Å². The number of hydrogen-bond acceptors (Lipinski definition) is 4. The van der Waals surface area contributed by atoms with Gasteiger partial charge in [-0.3, -0.25) is 9.78 Å². The number of methoxy groups -OCH3 is 1. The Bertz CT molecular complexity index is 654. The van der Waals surface area contributed by atoms with Crippen LogP contribution in [-0.4, -0.2) is 51.7 Å². The predicted octanol–water partition coefficient (Wildman–Crippen LogP) is 2.01. The number of carbonyl (C=O) groups is 1. The van der Waals surface area contributed by atoms with E-state index in [0.717, 1.165) is 18.4 Å². The van der Waals surface area contributed by atoms with Crippen molar-refractivity contribution in [2.45, 2.75) is 32.2 Å². The number of aromatic nitrogens is 3.